The minimum atomic E-state index is -1.81. The molecule has 0 N–H and O–H groups in total. The van der Waals surface area contributed by atoms with Crippen LogP contribution in [0.3, 0.4) is 0 Å². The Balaban J connectivity index is 3.54. The Hall–Kier alpha value is -3.52. The van der Waals surface area contributed by atoms with Crippen molar-refractivity contribution in [3.8, 4) is 0 Å². The molecule has 35 heavy (non-hydrogen) atoms. The fraction of sp³-hybridized carbons (Fsp3) is 0.619. The Labute approximate surface area is 200 Å². The molecule has 196 valence electrons. The summed E-state index contributed by atoms with van der Waals surface area (Å²) in [5.41, 5.74) is -0.493. The first-order valence-corrected chi connectivity index (χ1v) is 10.1. The van der Waals surface area contributed by atoms with Gasteiger partial charge in [-0.05, 0) is 0 Å². The molecule has 0 unspecified atom stereocenters. The Morgan fingerprint density at radius 1 is 0.771 bits per heavy atom. The largest absolute Gasteiger partial charge is 0.467 e. The van der Waals surface area contributed by atoms with E-state index in [1.54, 1.807) is 0 Å². The molecular weight excluding hydrogens is 476 g/mol. The first-order chi connectivity index (χ1) is 16.3. The smallest absolute Gasteiger partial charge is 0.340 e. The standard InChI is InChI=1S/C21H28O14/c1-9(19(26)28-6)15(20(27)29-7)35-21-18(33-13(5)25)17(32-12(4)24)16(31-11(3)23)14(34-21)8-30-10(2)22/h14-18,21H,1,8H2,2-7H3/t14-,15-,16+,17+,18-,21+/m1/s1. The highest BCUT2D eigenvalue weighted by Crippen LogP contribution is 2.31. The zero-order valence-corrected chi connectivity index (χ0v) is 20.1. The van der Waals surface area contributed by atoms with Crippen LogP contribution in [-0.2, 0) is 66.7 Å². The van der Waals surface area contributed by atoms with E-state index in [4.69, 9.17) is 28.4 Å². The van der Waals surface area contributed by atoms with Crippen molar-refractivity contribution >= 4 is 35.8 Å². The van der Waals surface area contributed by atoms with Crippen molar-refractivity contribution in [2.45, 2.75) is 64.5 Å². The quantitative estimate of drug-likeness (QED) is 0.208. The van der Waals surface area contributed by atoms with Gasteiger partial charge in [0.2, 0.25) is 6.29 Å². The van der Waals surface area contributed by atoms with Crippen LogP contribution < -0.4 is 0 Å². The molecule has 0 bridgehead atoms. The van der Waals surface area contributed by atoms with Gasteiger partial charge in [-0.15, -0.1) is 0 Å². The minimum absolute atomic E-state index is 0.493. The summed E-state index contributed by atoms with van der Waals surface area (Å²) < 4.78 is 41.2. The van der Waals surface area contributed by atoms with Crippen molar-refractivity contribution in [2.75, 3.05) is 20.8 Å². The van der Waals surface area contributed by atoms with Crippen LogP contribution in [0.15, 0.2) is 12.2 Å². The summed E-state index contributed by atoms with van der Waals surface area (Å²) in [5.74, 6) is -5.40. The summed E-state index contributed by atoms with van der Waals surface area (Å²) in [7, 11) is 2.05. The normalized spacial score (nSPS) is 24.2. The Bertz CT molecular complexity index is 849. The molecule has 1 saturated heterocycles. The first kappa shape index (κ1) is 29.5. The van der Waals surface area contributed by atoms with Gasteiger partial charge in [0, 0.05) is 27.7 Å². The van der Waals surface area contributed by atoms with Crippen LogP contribution in [0.5, 0.6) is 0 Å². The van der Waals surface area contributed by atoms with Crippen LogP contribution in [0.25, 0.3) is 0 Å². The van der Waals surface area contributed by atoms with E-state index in [0.717, 1.165) is 41.9 Å². The van der Waals surface area contributed by atoms with Crippen molar-refractivity contribution in [1.82, 2.24) is 0 Å². The Kier molecular flexibility index (Phi) is 11.3. The molecule has 0 aromatic heterocycles. The number of rotatable bonds is 10. The van der Waals surface area contributed by atoms with Gasteiger partial charge >= 0.3 is 35.8 Å². The van der Waals surface area contributed by atoms with Crippen LogP contribution in [0.2, 0.25) is 0 Å². The van der Waals surface area contributed by atoms with E-state index in [1.165, 1.54) is 0 Å². The highest BCUT2D eigenvalue weighted by molar-refractivity contribution is 5.96. The van der Waals surface area contributed by atoms with E-state index in [9.17, 15) is 28.8 Å². The van der Waals surface area contributed by atoms with Crippen molar-refractivity contribution in [3.05, 3.63) is 12.2 Å². The number of ether oxygens (including phenoxy) is 8. The van der Waals surface area contributed by atoms with Gasteiger partial charge < -0.3 is 37.9 Å². The monoisotopic (exact) mass is 504 g/mol. The molecule has 14 nitrogen and oxygen atoms in total. The molecule has 1 aliphatic heterocycles. The van der Waals surface area contributed by atoms with Crippen LogP contribution in [-0.4, -0.2) is 93.5 Å². The Morgan fingerprint density at radius 3 is 1.74 bits per heavy atom. The molecule has 1 fully saturated rings. The van der Waals surface area contributed by atoms with E-state index in [2.05, 4.69) is 16.1 Å². The van der Waals surface area contributed by atoms with Gasteiger partial charge in [-0.3, -0.25) is 19.2 Å². The lowest BCUT2D eigenvalue weighted by Crippen LogP contribution is -2.63. The summed E-state index contributed by atoms with van der Waals surface area (Å²) in [6.45, 7) is 7.18. The molecule has 0 aromatic carbocycles. The fourth-order valence-corrected chi connectivity index (χ4v) is 3.06. The van der Waals surface area contributed by atoms with Gasteiger partial charge in [0.05, 0.1) is 19.8 Å². The molecule has 0 radical (unpaired) electrons. The topological polar surface area (TPSA) is 176 Å². The van der Waals surface area contributed by atoms with Crippen molar-refractivity contribution in [1.29, 1.82) is 0 Å². The maximum Gasteiger partial charge on any atom is 0.340 e. The van der Waals surface area contributed by atoms with Gasteiger partial charge in [0.1, 0.15) is 12.7 Å². The third kappa shape index (κ3) is 8.64. The molecule has 1 aliphatic rings. The van der Waals surface area contributed by atoms with Gasteiger partial charge in [-0.25, -0.2) is 9.59 Å². The molecule has 0 aliphatic carbocycles. The summed E-state index contributed by atoms with van der Waals surface area (Å²) in [5, 5.41) is 0. The minimum Gasteiger partial charge on any atom is -0.467 e. The molecule has 0 aromatic rings. The third-order valence-electron chi connectivity index (χ3n) is 4.40. The number of methoxy groups -OCH3 is 2. The lowest BCUT2D eigenvalue weighted by Gasteiger charge is -2.44. The van der Waals surface area contributed by atoms with E-state index in [1.807, 2.05) is 0 Å². The van der Waals surface area contributed by atoms with Crippen molar-refractivity contribution in [2.24, 2.45) is 0 Å². The second-order valence-corrected chi connectivity index (χ2v) is 7.12. The summed E-state index contributed by atoms with van der Waals surface area (Å²) in [6, 6.07) is 0. The number of carbonyl (C=O) groups excluding carboxylic acids is 6. The van der Waals surface area contributed by atoms with E-state index < -0.39 is 84.8 Å². The zero-order chi connectivity index (χ0) is 26.9. The molecule has 0 amide bonds. The average Bonchev–Trinajstić information content (AvgIpc) is 2.77. The number of esters is 6. The van der Waals surface area contributed by atoms with Gasteiger partial charge in [0.15, 0.2) is 24.4 Å². The van der Waals surface area contributed by atoms with Crippen LogP contribution in [0.1, 0.15) is 27.7 Å². The SMILES string of the molecule is C=C(C(=O)OC)[C@@H](O[C@@H]1O[C@H](COC(C)=O)[C@H](OC(C)=O)[C@H](OC(C)=O)[C@H]1OC(C)=O)C(=O)OC. The molecule has 6 atom stereocenters. The van der Waals surface area contributed by atoms with E-state index in [-0.39, 0.29) is 0 Å². The number of hydrogen-bond acceptors (Lipinski definition) is 14. The molecule has 14 heteroatoms. The lowest BCUT2D eigenvalue weighted by molar-refractivity contribution is -0.313. The first-order valence-electron chi connectivity index (χ1n) is 10.1. The van der Waals surface area contributed by atoms with Gasteiger partial charge in [-0.2, -0.15) is 0 Å². The highest BCUT2D eigenvalue weighted by atomic mass is 16.7. The maximum atomic E-state index is 12.3. The van der Waals surface area contributed by atoms with E-state index >= 15 is 0 Å². The molecule has 1 rings (SSSR count). The zero-order valence-electron chi connectivity index (χ0n) is 20.1. The third-order valence-corrected chi connectivity index (χ3v) is 4.40. The maximum absolute atomic E-state index is 12.3. The van der Waals surface area contributed by atoms with Crippen LogP contribution >= 0.6 is 0 Å². The van der Waals surface area contributed by atoms with Gasteiger partial charge in [0.25, 0.3) is 0 Å². The fourth-order valence-electron chi connectivity index (χ4n) is 3.06. The summed E-state index contributed by atoms with van der Waals surface area (Å²) in [4.78, 5) is 71.1. The second kappa shape index (κ2) is 13.4. The highest BCUT2D eigenvalue weighted by Gasteiger charge is 2.54. The lowest BCUT2D eigenvalue weighted by atomic mass is 9.98. The predicted molar refractivity (Wildman–Crippen MR) is 110 cm³/mol. The second-order valence-electron chi connectivity index (χ2n) is 7.12. The molecular formula is C21H28O14. The van der Waals surface area contributed by atoms with Crippen molar-refractivity contribution < 1.29 is 66.7 Å². The predicted octanol–water partition coefficient (Wildman–Crippen LogP) is -0.643. The van der Waals surface area contributed by atoms with E-state index in [0.29, 0.717) is 0 Å². The van der Waals surface area contributed by atoms with Crippen molar-refractivity contribution in [3.63, 3.8) is 0 Å². The molecule has 0 saturated carbocycles. The number of carbonyl (C=O) groups is 6. The number of hydrogen-bond donors (Lipinski definition) is 0. The summed E-state index contributed by atoms with van der Waals surface area (Å²) in [6.07, 6.45) is -9.46. The van der Waals surface area contributed by atoms with Crippen LogP contribution in [0.4, 0.5) is 0 Å². The average molecular weight is 504 g/mol. The van der Waals surface area contributed by atoms with Crippen LogP contribution in [0, 0.1) is 0 Å². The molecule has 1 heterocycles. The summed E-state index contributed by atoms with van der Waals surface area (Å²) >= 11 is 0. The Morgan fingerprint density at radius 2 is 1.29 bits per heavy atom. The van der Waals surface area contributed by atoms with Gasteiger partial charge in [-0.1, -0.05) is 6.58 Å². The molecule has 0 spiro atoms.